The Morgan fingerprint density at radius 2 is 1.05 bits per heavy atom. The first-order valence-corrected chi connectivity index (χ1v) is 13.9. The van der Waals surface area contributed by atoms with Crippen molar-refractivity contribution in [2.24, 2.45) is 0 Å². The second kappa shape index (κ2) is 10.3. The summed E-state index contributed by atoms with van der Waals surface area (Å²) in [6.07, 6.45) is 8.45. The van der Waals surface area contributed by atoms with Gasteiger partial charge in [-0.3, -0.25) is 4.79 Å². The number of rotatable bonds is 6. The smallest absolute Gasteiger partial charge is 0.303 e. The van der Waals surface area contributed by atoms with Crippen LogP contribution in [0.5, 0.6) is 0 Å². The second-order valence-corrected chi connectivity index (χ2v) is 11.0. The maximum absolute atomic E-state index is 11.5. The van der Waals surface area contributed by atoms with Crippen LogP contribution in [-0.4, -0.2) is 31.0 Å². The van der Waals surface area contributed by atoms with Crippen LogP contribution in [0.25, 0.3) is 12.2 Å². The standard InChI is InChI=1S/C33H40N4O2/c1-8-21-17(4)25-13-26-18(5)23(10-3)31(35-26)16-32-24(11-12-33(38)39)20(7)28(37-32)15-30-22(9-2)19(6)27(36-30)14-29(21)34-25/h8-9,34-37H,1-2,10-16H2,3-7H3,(H,38,39). The van der Waals surface area contributed by atoms with Gasteiger partial charge in [-0.25, -0.2) is 0 Å². The van der Waals surface area contributed by atoms with Crippen LogP contribution >= 0.6 is 0 Å². The lowest BCUT2D eigenvalue weighted by molar-refractivity contribution is -0.136. The Morgan fingerprint density at radius 1 is 0.667 bits per heavy atom. The number of nitrogens with one attached hydrogen (secondary N) is 4. The third-order valence-corrected chi connectivity index (χ3v) is 8.87. The normalized spacial score (nSPS) is 13.1. The maximum Gasteiger partial charge on any atom is 0.303 e. The van der Waals surface area contributed by atoms with E-state index in [1.54, 1.807) is 0 Å². The van der Waals surface area contributed by atoms with Crippen molar-refractivity contribution >= 4 is 18.1 Å². The molecule has 0 spiro atoms. The zero-order valence-corrected chi connectivity index (χ0v) is 23.9. The van der Waals surface area contributed by atoms with E-state index in [1.807, 2.05) is 12.2 Å². The second-order valence-electron chi connectivity index (χ2n) is 11.0. The number of aromatic amines is 4. The lowest BCUT2D eigenvalue weighted by Gasteiger charge is -2.06. The summed E-state index contributed by atoms with van der Waals surface area (Å²) >= 11 is 0. The first kappa shape index (κ1) is 26.7. The largest absolute Gasteiger partial charge is 0.481 e. The minimum atomic E-state index is -0.772. The fourth-order valence-corrected chi connectivity index (χ4v) is 6.58. The van der Waals surface area contributed by atoms with E-state index < -0.39 is 5.97 Å². The van der Waals surface area contributed by atoms with Gasteiger partial charge in [-0.1, -0.05) is 32.2 Å². The highest BCUT2D eigenvalue weighted by Crippen LogP contribution is 2.32. The fraction of sp³-hybridized carbons (Fsp3) is 0.364. The predicted molar refractivity (Wildman–Crippen MR) is 159 cm³/mol. The Labute approximate surface area is 230 Å². The number of carbonyl (C=O) groups is 1. The molecular formula is C33H40N4O2. The van der Waals surface area contributed by atoms with Gasteiger partial charge in [0.15, 0.2) is 0 Å². The summed E-state index contributed by atoms with van der Waals surface area (Å²) in [6.45, 7) is 19.1. The number of hydrogen-bond donors (Lipinski definition) is 5. The molecule has 0 unspecified atom stereocenters. The maximum atomic E-state index is 11.5. The molecule has 1 aliphatic rings. The van der Waals surface area contributed by atoms with E-state index in [0.29, 0.717) is 12.8 Å². The first-order chi connectivity index (χ1) is 18.7. The van der Waals surface area contributed by atoms with Crippen LogP contribution in [0, 0.1) is 27.7 Å². The van der Waals surface area contributed by atoms with Crippen molar-refractivity contribution in [3.05, 3.63) is 103 Å². The Hall–Kier alpha value is -3.93. The average molecular weight is 525 g/mol. The van der Waals surface area contributed by atoms with Gasteiger partial charge in [0.25, 0.3) is 0 Å². The highest BCUT2D eigenvalue weighted by molar-refractivity contribution is 5.67. The topological polar surface area (TPSA) is 100 Å². The summed E-state index contributed by atoms with van der Waals surface area (Å²) in [6, 6.07) is 0. The van der Waals surface area contributed by atoms with Gasteiger partial charge in [-0.05, 0) is 85.0 Å². The molecule has 0 aromatic carbocycles. The van der Waals surface area contributed by atoms with Crippen LogP contribution in [0.4, 0.5) is 0 Å². The summed E-state index contributed by atoms with van der Waals surface area (Å²) in [5, 5.41) is 9.46. The molecule has 6 nitrogen and oxygen atoms in total. The monoisotopic (exact) mass is 524 g/mol. The fourth-order valence-electron chi connectivity index (χ4n) is 6.58. The van der Waals surface area contributed by atoms with E-state index in [4.69, 9.17) is 0 Å². The molecule has 0 amide bonds. The van der Waals surface area contributed by atoms with Crippen LogP contribution in [0.2, 0.25) is 0 Å². The van der Waals surface area contributed by atoms with Gasteiger partial charge in [-0.15, -0.1) is 0 Å². The van der Waals surface area contributed by atoms with E-state index in [1.165, 1.54) is 56.3 Å². The lowest BCUT2D eigenvalue weighted by Crippen LogP contribution is -2.02. The molecule has 8 bridgehead atoms. The SMILES string of the molecule is C=Cc1c2[nH]c(c1C)Cc1[nH]c(c(CC)c1C)Cc1[nH]c(c(C)c1CCC(=O)O)Cc1[nH]c(c(C)c1C=C)C2. The highest BCUT2D eigenvalue weighted by atomic mass is 16.4. The summed E-state index contributed by atoms with van der Waals surface area (Å²) in [5.74, 6) is -0.772. The van der Waals surface area contributed by atoms with Crippen LogP contribution in [-0.2, 0) is 43.3 Å². The van der Waals surface area contributed by atoms with Gasteiger partial charge in [0, 0.05) is 77.7 Å². The zero-order valence-electron chi connectivity index (χ0n) is 23.9. The third kappa shape index (κ3) is 4.62. The number of carboxylic acid groups (broad SMARTS) is 1. The van der Waals surface area contributed by atoms with Gasteiger partial charge >= 0.3 is 5.97 Å². The number of aliphatic carboxylic acids is 1. The van der Waals surface area contributed by atoms with Crippen molar-refractivity contribution in [3.63, 3.8) is 0 Å². The molecule has 6 heteroatoms. The molecule has 0 fully saturated rings. The molecule has 1 aliphatic heterocycles. The lowest BCUT2D eigenvalue weighted by atomic mass is 9.98. The zero-order chi connectivity index (χ0) is 28.0. The summed E-state index contributed by atoms with van der Waals surface area (Å²) in [4.78, 5) is 26.5. The molecule has 204 valence electrons. The molecule has 0 radical (unpaired) electrons. The van der Waals surface area contributed by atoms with E-state index in [2.05, 4.69) is 67.7 Å². The van der Waals surface area contributed by atoms with Crippen LogP contribution in [0.3, 0.4) is 0 Å². The first-order valence-electron chi connectivity index (χ1n) is 13.9. The van der Waals surface area contributed by atoms with E-state index in [-0.39, 0.29) is 6.42 Å². The molecule has 39 heavy (non-hydrogen) atoms. The molecular weight excluding hydrogens is 484 g/mol. The minimum Gasteiger partial charge on any atom is -0.481 e. The van der Waals surface area contributed by atoms with Gasteiger partial charge in [0.2, 0.25) is 0 Å². The quantitative estimate of drug-likeness (QED) is 0.169. The van der Waals surface area contributed by atoms with Crippen molar-refractivity contribution in [2.45, 2.75) is 79.6 Å². The van der Waals surface area contributed by atoms with E-state index in [0.717, 1.165) is 59.5 Å². The summed E-state index contributed by atoms with van der Waals surface area (Å²) < 4.78 is 0. The number of carboxylic acids is 1. The van der Waals surface area contributed by atoms with Crippen molar-refractivity contribution < 1.29 is 9.90 Å². The van der Waals surface area contributed by atoms with Gasteiger partial charge in [0.05, 0.1) is 0 Å². The number of hydrogen-bond acceptors (Lipinski definition) is 1. The highest BCUT2D eigenvalue weighted by Gasteiger charge is 2.23. The Kier molecular flexibility index (Phi) is 7.06. The predicted octanol–water partition coefficient (Wildman–Crippen LogP) is 6.77. The average Bonchev–Trinajstić information content (AvgIpc) is 3.55. The van der Waals surface area contributed by atoms with Crippen molar-refractivity contribution in [3.8, 4) is 0 Å². The molecule has 0 saturated carbocycles. The number of fused-ring (bicyclic) bond motifs is 8. The van der Waals surface area contributed by atoms with Gasteiger partial charge in [-0.2, -0.15) is 0 Å². The van der Waals surface area contributed by atoms with Gasteiger partial charge in [0.1, 0.15) is 0 Å². The van der Waals surface area contributed by atoms with Crippen LogP contribution in [0.15, 0.2) is 13.2 Å². The Morgan fingerprint density at radius 3 is 1.51 bits per heavy atom. The van der Waals surface area contributed by atoms with E-state index in [9.17, 15) is 9.90 Å². The van der Waals surface area contributed by atoms with Crippen LogP contribution < -0.4 is 0 Å². The molecule has 0 saturated heterocycles. The third-order valence-electron chi connectivity index (χ3n) is 8.87. The molecule has 5 N–H and O–H groups in total. The van der Waals surface area contributed by atoms with Crippen molar-refractivity contribution in [1.29, 1.82) is 0 Å². The molecule has 5 rings (SSSR count). The molecule has 0 atom stereocenters. The Bertz CT molecular complexity index is 1600. The molecule has 0 aliphatic carbocycles. The summed E-state index contributed by atoms with van der Waals surface area (Å²) in [5.41, 5.74) is 19.0. The number of aromatic nitrogens is 4. The number of H-pyrrole nitrogens is 4. The minimum absolute atomic E-state index is 0.115. The van der Waals surface area contributed by atoms with Crippen molar-refractivity contribution in [2.75, 3.05) is 0 Å². The Balaban J connectivity index is 1.73. The summed E-state index contributed by atoms with van der Waals surface area (Å²) in [7, 11) is 0. The molecule has 5 heterocycles. The van der Waals surface area contributed by atoms with Gasteiger partial charge < -0.3 is 25.0 Å². The van der Waals surface area contributed by atoms with Crippen molar-refractivity contribution in [1.82, 2.24) is 19.9 Å². The molecule has 4 aromatic rings. The van der Waals surface area contributed by atoms with E-state index >= 15 is 0 Å². The molecule has 4 aromatic heterocycles. The van der Waals surface area contributed by atoms with Crippen LogP contribution in [0.1, 0.15) is 103 Å².